The molecule has 0 aliphatic heterocycles. The summed E-state index contributed by atoms with van der Waals surface area (Å²) in [6, 6.07) is 24.6. The molecule has 0 atom stereocenters. The Hall–Kier alpha value is -3.11. The molecular formula is C23H20ClNO3. The van der Waals surface area contributed by atoms with Gasteiger partial charge >= 0.3 is 5.97 Å². The molecular weight excluding hydrogens is 374 g/mol. The van der Waals surface area contributed by atoms with E-state index in [0.717, 1.165) is 11.1 Å². The first-order valence-corrected chi connectivity index (χ1v) is 9.24. The van der Waals surface area contributed by atoms with Gasteiger partial charge in [-0.2, -0.15) is 0 Å². The molecule has 142 valence electrons. The van der Waals surface area contributed by atoms with Gasteiger partial charge in [0.05, 0.1) is 17.7 Å². The number of amides is 1. The monoisotopic (exact) mass is 393 g/mol. The van der Waals surface area contributed by atoms with E-state index in [0.29, 0.717) is 5.69 Å². The number of carbonyl (C=O) groups is 2. The average molecular weight is 394 g/mol. The lowest BCUT2D eigenvalue weighted by Gasteiger charge is -2.18. The number of halogens is 1. The highest BCUT2D eigenvalue weighted by Gasteiger charge is 2.19. The van der Waals surface area contributed by atoms with Crippen LogP contribution in [0.3, 0.4) is 0 Å². The highest BCUT2D eigenvalue weighted by molar-refractivity contribution is 6.33. The van der Waals surface area contributed by atoms with Gasteiger partial charge in [-0.15, -0.1) is 0 Å². The normalized spacial score (nSPS) is 10.5. The van der Waals surface area contributed by atoms with E-state index in [4.69, 9.17) is 16.3 Å². The number of hydrogen-bond donors (Lipinski definition) is 1. The molecule has 0 aliphatic rings. The lowest BCUT2D eigenvalue weighted by molar-refractivity contribution is -0.116. The van der Waals surface area contributed by atoms with Crippen LogP contribution < -0.4 is 5.32 Å². The Bertz CT molecular complexity index is 919. The van der Waals surface area contributed by atoms with Crippen molar-refractivity contribution < 1.29 is 14.3 Å². The molecule has 0 unspecified atom stereocenters. The lowest BCUT2D eigenvalue weighted by Crippen LogP contribution is -2.17. The number of rotatable bonds is 6. The highest BCUT2D eigenvalue weighted by atomic mass is 35.5. The maximum absolute atomic E-state index is 12.7. The second kappa shape index (κ2) is 9.20. The molecule has 28 heavy (non-hydrogen) atoms. The lowest BCUT2D eigenvalue weighted by atomic mass is 9.88. The first-order chi connectivity index (χ1) is 13.6. The molecule has 0 bridgehead atoms. The van der Waals surface area contributed by atoms with Crippen LogP contribution in [-0.2, 0) is 9.53 Å². The van der Waals surface area contributed by atoms with Crippen molar-refractivity contribution in [2.75, 3.05) is 12.4 Å². The van der Waals surface area contributed by atoms with Gasteiger partial charge in [-0.3, -0.25) is 4.79 Å². The van der Waals surface area contributed by atoms with Gasteiger partial charge in [0.25, 0.3) is 0 Å². The van der Waals surface area contributed by atoms with Gasteiger partial charge in [0.2, 0.25) is 5.91 Å². The summed E-state index contributed by atoms with van der Waals surface area (Å²) < 4.78 is 4.72. The summed E-state index contributed by atoms with van der Waals surface area (Å²) in [5.74, 6) is -0.779. The minimum absolute atomic E-state index is 0.0743. The molecule has 3 aromatic carbocycles. The fourth-order valence-corrected chi connectivity index (χ4v) is 3.26. The van der Waals surface area contributed by atoms with Crippen LogP contribution in [0.2, 0.25) is 5.02 Å². The molecule has 0 fully saturated rings. The van der Waals surface area contributed by atoms with Gasteiger partial charge in [-0.05, 0) is 29.3 Å². The molecule has 0 radical (unpaired) electrons. The minimum Gasteiger partial charge on any atom is -0.465 e. The maximum Gasteiger partial charge on any atom is 0.339 e. The Morgan fingerprint density at radius 2 is 1.50 bits per heavy atom. The number of methoxy groups -OCH3 is 1. The van der Waals surface area contributed by atoms with Gasteiger partial charge in [0.1, 0.15) is 0 Å². The zero-order valence-corrected chi connectivity index (χ0v) is 16.1. The predicted octanol–water partition coefficient (Wildman–Crippen LogP) is 5.29. The van der Waals surface area contributed by atoms with E-state index < -0.39 is 5.97 Å². The molecule has 1 amide bonds. The number of hydrogen-bond acceptors (Lipinski definition) is 3. The van der Waals surface area contributed by atoms with E-state index in [1.807, 2.05) is 60.7 Å². The minimum atomic E-state index is -0.549. The van der Waals surface area contributed by atoms with Crippen LogP contribution in [0.1, 0.15) is 33.8 Å². The molecule has 3 aromatic rings. The van der Waals surface area contributed by atoms with E-state index in [-0.39, 0.29) is 28.8 Å². The summed E-state index contributed by atoms with van der Waals surface area (Å²) in [7, 11) is 1.29. The third-order valence-corrected chi connectivity index (χ3v) is 4.78. The third kappa shape index (κ3) is 4.78. The van der Waals surface area contributed by atoms with Crippen LogP contribution in [0.25, 0.3) is 0 Å². The molecule has 0 saturated heterocycles. The fourth-order valence-electron chi connectivity index (χ4n) is 3.07. The number of carbonyl (C=O) groups excluding carboxylic acids is 2. The Morgan fingerprint density at radius 1 is 0.929 bits per heavy atom. The van der Waals surface area contributed by atoms with Crippen LogP contribution in [0.5, 0.6) is 0 Å². The molecule has 0 saturated carbocycles. The number of esters is 1. The van der Waals surface area contributed by atoms with E-state index >= 15 is 0 Å². The van der Waals surface area contributed by atoms with Crippen LogP contribution in [-0.4, -0.2) is 19.0 Å². The standard InChI is InChI=1S/C23H20ClNO3/c1-28-23(27)20-14-18(12-13-21(20)24)25-22(26)15-19(16-8-4-2-5-9-16)17-10-6-3-7-11-17/h2-14,19H,15H2,1H3,(H,25,26). The number of anilines is 1. The summed E-state index contributed by atoms with van der Waals surface area (Å²) in [6.07, 6.45) is 0.268. The average Bonchev–Trinajstić information content (AvgIpc) is 2.74. The molecule has 0 spiro atoms. The predicted molar refractivity (Wildman–Crippen MR) is 111 cm³/mol. The molecule has 0 heterocycles. The van der Waals surface area contributed by atoms with Gasteiger partial charge in [-0.25, -0.2) is 4.79 Å². The SMILES string of the molecule is COC(=O)c1cc(NC(=O)CC(c2ccccc2)c2ccccc2)ccc1Cl. The second-order valence-corrected chi connectivity index (χ2v) is 6.72. The van der Waals surface area contributed by atoms with Crippen molar-refractivity contribution in [1.82, 2.24) is 0 Å². The van der Waals surface area contributed by atoms with Crippen molar-refractivity contribution in [3.8, 4) is 0 Å². The summed E-state index contributed by atoms with van der Waals surface area (Å²) in [6.45, 7) is 0. The highest BCUT2D eigenvalue weighted by Crippen LogP contribution is 2.29. The third-order valence-electron chi connectivity index (χ3n) is 4.45. The fraction of sp³-hybridized carbons (Fsp3) is 0.130. The molecule has 1 N–H and O–H groups in total. The number of nitrogens with one attached hydrogen (secondary N) is 1. The zero-order valence-electron chi connectivity index (χ0n) is 15.4. The summed E-state index contributed by atoms with van der Waals surface area (Å²) in [4.78, 5) is 24.5. The second-order valence-electron chi connectivity index (χ2n) is 6.31. The van der Waals surface area contributed by atoms with E-state index in [1.165, 1.54) is 13.2 Å². The van der Waals surface area contributed by atoms with Crippen LogP contribution in [0.4, 0.5) is 5.69 Å². The number of benzene rings is 3. The Kier molecular flexibility index (Phi) is 6.45. The van der Waals surface area contributed by atoms with E-state index in [1.54, 1.807) is 12.1 Å². The van der Waals surface area contributed by atoms with Gasteiger partial charge in [-0.1, -0.05) is 72.3 Å². The number of ether oxygens (including phenoxy) is 1. The summed E-state index contributed by atoms with van der Waals surface area (Å²) in [5.41, 5.74) is 2.84. The van der Waals surface area contributed by atoms with Gasteiger partial charge < -0.3 is 10.1 Å². The van der Waals surface area contributed by atoms with Crippen molar-refractivity contribution in [2.24, 2.45) is 0 Å². The smallest absolute Gasteiger partial charge is 0.339 e. The summed E-state index contributed by atoms with van der Waals surface area (Å²) >= 11 is 6.04. The largest absolute Gasteiger partial charge is 0.465 e. The van der Waals surface area contributed by atoms with E-state index in [9.17, 15) is 9.59 Å². The zero-order chi connectivity index (χ0) is 19.9. The molecule has 3 rings (SSSR count). The summed E-state index contributed by atoms with van der Waals surface area (Å²) in [5, 5.41) is 3.13. The Balaban J connectivity index is 1.81. The Labute approximate surface area is 169 Å². The molecule has 0 aliphatic carbocycles. The van der Waals surface area contributed by atoms with Crippen molar-refractivity contribution in [1.29, 1.82) is 0 Å². The van der Waals surface area contributed by atoms with Crippen LogP contribution in [0, 0.1) is 0 Å². The van der Waals surface area contributed by atoms with Gasteiger partial charge in [0.15, 0.2) is 0 Å². The van der Waals surface area contributed by atoms with Crippen molar-refractivity contribution in [2.45, 2.75) is 12.3 Å². The van der Waals surface area contributed by atoms with Crippen LogP contribution >= 0.6 is 11.6 Å². The van der Waals surface area contributed by atoms with E-state index in [2.05, 4.69) is 5.32 Å². The molecule has 0 aromatic heterocycles. The first kappa shape index (κ1) is 19.6. The maximum atomic E-state index is 12.7. The van der Waals surface area contributed by atoms with Crippen molar-refractivity contribution >= 4 is 29.2 Å². The van der Waals surface area contributed by atoms with Crippen LogP contribution in [0.15, 0.2) is 78.9 Å². The van der Waals surface area contributed by atoms with Crippen molar-refractivity contribution in [3.05, 3.63) is 101 Å². The topological polar surface area (TPSA) is 55.4 Å². The Morgan fingerprint density at radius 3 is 2.04 bits per heavy atom. The molecule has 4 nitrogen and oxygen atoms in total. The molecule has 5 heteroatoms. The van der Waals surface area contributed by atoms with Gasteiger partial charge in [0, 0.05) is 18.0 Å². The quantitative estimate of drug-likeness (QED) is 0.579. The first-order valence-electron chi connectivity index (χ1n) is 8.86. The van der Waals surface area contributed by atoms with Crippen molar-refractivity contribution in [3.63, 3.8) is 0 Å².